The Balaban J connectivity index is 1.65. The van der Waals surface area contributed by atoms with Crippen LogP contribution in [0.25, 0.3) is 0 Å². The van der Waals surface area contributed by atoms with Gasteiger partial charge in [0.2, 0.25) is 7.26 Å². The van der Waals surface area contributed by atoms with Gasteiger partial charge in [-0.2, -0.15) is 0 Å². The van der Waals surface area contributed by atoms with Crippen molar-refractivity contribution in [3.8, 4) is 0 Å². The third kappa shape index (κ3) is 3.35. The monoisotopic (exact) mass is 516 g/mol. The standard InChI is InChI=1S/C34H31NP2/c1-5-16-28(17-6-1)36(29-18-7-2-8-19-29)27-15-26-35-32-24-13-14-25-33(32)37(34(35)36,30-20-9-3-10-21-30)31-22-11-4-12-23-31/h1-14,16-25,34H,15,26-27H2/q+2/p+1/t34-/m0/s1. The van der Waals surface area contributed by atoms with Gasteiger partial charge in [-0.25, -0.2) is 4.90 Å². The first-order chi connectivity index (χ1) is 18.4. The average molecular weight is 517 g/mol. The van der Waals surface area contributed by atoms with Gasteiger partial charge in [0.25, 0.3) is 0 Å². The summed E-state index contributed by atoms with van der Waals surface area (Å²) in [7, 11) is -3.83. The number of quaternary nitrogens is 1. The van der Waals surface area contributed by atoms with E-state index in [0.717, 1.165) is 0 Å². The van der Waals surface area contributed by atoms with Gasteiger partial charge in [0.1, 0.15) is 21.2 Å². The number of rotatable bonds is 4. The molecule has 0 saturated carbocycles. The van der Waals surface area contributed by atoms with Crippen LogP contribution in [-0.2, 0) is 0 Å². The zero-order valence-electron chi connectivity index (χ0n) is 20.9. The summed E-state index contributed by atoms with van der Waals surface area (Å²) in [5.41, 5.74) is 2.02. The van der Waals surface area contributed by atoms with Crippen LogP contribution in [0.5, 0.6) is 0 Å². The third-order valence-corrected chi connectivity index (χ3v) is 19.7. The minimum absolute atomic E-state index is 0.487. The van der Waals surface area contributed by atoms with Gasteiger partial charge in [0.15, 0.2) is 18.3 Å². The number of hydrogen-bond acceptors (Lipinski definition) is 0. The van der Waals surface area contributed by atoms with E-state index in [2.05, 4.69) is 146 Å². The second-order valence-electron chi connectivity index (χ2n) is 10.2. The molecule has 1 fully saturated rings. The highest BCUT2D eigenvalue weighted by molar-refractivity contribution is 8.08. The van der Waals surface area contributed by atoms with Crippen molar-refractivity contribution in [2.75, 3.05) is 12.7 Å². The van der Waals surface area contributed by atoms with Crippen molar-refractivity contribution in [3.63, 3.8) is 0 Å². The zero-order chi connectivity index (χ0) is 24.7. The van der Waals surface area contributed by atoms with Crippen molar-refractivity contribution in [2.24, 2.45) is 0 Å². The molecule has 37 heavy (non-hydrogen) atoms. The van der Waals surface area contributed by atoms with Crippen molar-refractivity contribution >= 4 is 46.7 Å². The van der Waals surface area contributed by atoms with E-state index in [1.165, 1.54) is 35.4 Å². The first kappa shape index (κ1) is 23.1. The molecule has 5 aromatic carbocycles. The quantitative estimate of drug-likeness (QED) is 0.325. The molecule has 0 aliphatic carbocycles. The van der Waals surface area contributed by atoms with Crippen LogP contribution < -0.4 is 31.4 Å². The lowest BCUT2D eigenvalue weighted by atomic mass is 10.3. The lowest BCUT2D eigenvalue weighted by Crippen LogP contribution is -3.11. The summed E-state index contributed by atoms with van der Waals surface area (Å²) in [5.74, 6) is 0. The van der Waals surface area contributed by atoms with E-state index < -0.39 is 14.5 Å². The normalized spacial score (nSPS) is 21.1. The van der Waals surface area contributed by atoms with E-state index in [9.17, 15) is 0 Å². The van der Waals surface area contributed by atoms with Crippen LogP contribution in [0.15, 0.2) is 146 Å². The fourth-order valence-corrected chi connectivity index (χ4v) is 20.9. The molecule has 2 heterocycles. The molecule has 1 N–H and O–H groups in total. The molecule has 0 spiro atoms. The first-order valence-electron chi connectivity index (χ1n) is 13.3. The van der Waals surface area contributed by atoms with Crippen LogP contribution in [-0.4, -0.2) is 18.2 Å². The molecule has 3 heteroatoms. The summed E-state index contributed by atoms with van der Waals surface area (Å²) < 4.78 is 0. The van der Waals surface area contributed by atoms with Crippen molar-refractivity contribution < 1.29 is 4.90 Å². The largest absolute Gasteiger partial charge is 0.306 e. The molecule has 0 amide bonds. The van der Waals surface area contributed by atoms with E-state index in [0.29, 0.717) is 5.52 Å². The molecule has 2 atom stereocenters. The number of nitrogens with one attached hydrogen (secondary N) is 1. The van der Waals surface area contributed by atoms with E-state index in [1.807, 2.05) is 0 Å². The van der Waals surface area contributed by atoms with E-state index >= 15 is 0 Å². The van der Waals surface area contributed by atoms with Gasteiger partial charge in [-0.3, -0.25) is 0 Å². The Morgan fingerprint density at radius 1 is 0.486 bits per heavy atom. The van der Waals surface area contributed by atoms with Gasteiger partial charge in [-0.05, 0) is 54.6 Å². The molecule has 5 aromatic rings. The molecular weight excluding hydrogens is 484 g/mol. The topological polar surface area (TPSA) is 4.44 Å². The number of para-hydroxylation sites is 1. The van der Waals surface area contributed by atoms with Crippen LogP contribution >= 0.6 is 14.5 Å². The fourth-order valence-electron chi connectivity index (χ4n) is 7.14. The Hall–Kier alpha value is -3.08. The Bertz CT molecular complexity index is 1420. The Morgan fingerprint density at radius 3 is 1.43 bits per heavy atom. The Labute approximate surface area is 221 Å². The summed E-state index contributed by atoms with van der Waals surface area (Å²) in [6.45, 7) is 1.20. The van der Waals surface area contributed by atoms with Crippen molar-refractivity contribution in [1.29, 1.82) is 0 Å². The predicted octanol–water partition coefficient (Wildman–Crippen LogP) is 4.87. The number of hydrogen-bond donors (Lipinski definition) is 1. The highest BCUT2D eigenvalue weighted by Gasteiger charge is 2.78. The van der Waals surface area contributed by atoms with Crippen LogP contribution in [0.3, 0.4) is 0 Å². The fraction of sp³-hybridized carbons (Fsp3) is 0.118. The van der Waals surface area contributed by atoms with Gasteiger partial charge in [-0.15, -0.1) is 0 Å². The van der Waals surface area contributed by atoms with Crippen LogP contribution in [0.4, 0.5) is 5.69 Å². The molecule has 0 aromatic heterocycles. The summed E-state index contributed by atoms with van der Waals surface area (Å²) >= 11 is 0. The lowest BCUT2D eigenvalue weighted by molar-refractivity contribution is -0.829. The maximum Gasteiger partial charge on any atom is 0.306 e. The Morgan fingerprint density at radius 2 is 0.919 bits per heavy atom. The highest BCUT2D eigenvalue weighted by atomic mass is 31.2. The smallest absolute Gasteiger partial charge is 0.233 e. The average Bonchev–Trinajstić information content (AvgIpc) is 3.31. The van der Waals surface area contributed by atoms with Crippen LogP contribution in [0.1, 0.15) is 6.42 Å². The summed E-state index contributed by atoms with van der Waals surface area (Å²) in [4.78, 5) is 1.71. The minimum atomic E-state index is -2.01. The molecule has 1 saturated heterocycles. The Kier molecular flexibility index (Phi) is 5.82. The van der Waals surface area contributed by atoms with Crippen LogP contribution in [0, 0.1) is 0 Å². The van der Waals surface area contributed by atoms with E-state index in [-0.39, 0.29) is 0 Å². The minimum Gasteiger partial charge on any atom is -0.233 e. The van der Waals surface area contributed by atoms with E-state index in [1.54, 1.807) is 20.8 Å². The molecule has 1 nitrogen and oxygen atoms in total. The highest BCUT2D eigenvalue weighted by Crippen LogP contribution is 2.78. The summed E-state index contributed by atoms with van der Waals surface area (Å²) in [6.07, 6.45) is 2.52. The second-order valence-corrected chi connectivity index (χ2v) is 17.8. The molecule has 2 aliphatic heterocycles. The van der Waals surface area contributed by atoms with Gasteiger partial charge in [0, 0.05) is 12.5 Å². The maximum absolute atomic E-state index is 2.47. The van der Waals surface area contributed by atoms with Crippen molar-refractivity contribution in [1.82, 2.24) is 0 Å². The van der Waals surface area contributed by atoms with Gasteiger partial charge in [0.05, 0.1) is 12.7 Å². The van der Waals surface area contributed by atoms with E-state index in [4.69, 9.17) is 0 Å². The van der Waals surface area contributed by atoms with Gasteiger partial charge in [-0.1, -0.05) is 84.9 Å². The molecule has 0 radical (unpaired) electrons. The molecular formula is C34H32NP2+3. The summed E-state index contributed by atoms with van der Waals surface area (Å²) in [6, 6.07) is 55.7. The third-order valence-electron chi connectivity index (χ3n) is 8.44. The molecule has 0 bridgehead atoms. The second kappa shape index (κ2) is 9.34. The summed E-state index contributed by atoms with van der Waals surface area (Å²) in [5, 5.41) is 7.75. The van der Waals surface area contributed by atoms with Gasteiger partial charge >= 0.3 is 5.52 Å². The maximum atomic E-state index is 2.47. The SMILES string of the molecule is c1ccc([P+]2(c3ccccc3)CCC[NH+]3c4ccccc4[P+](c4ccccc4)(c4ccccc4)[C@@H]32)cc1. The zero-order valence-corrected chi connectivity index (χ0v) is 22.7. The van der Waals surface area contributed by atoms with Crippen molar-refractivity contribution in [2.45, 2.75) is 11.9 Å². The molecule has 180 valence electrons. The number of fused-ring (bicyclic) bond motifs is 3. The molecule has 2 aliphatic rings. The van der Waals surface area contributed by atoms with Crippen molar-refractivity contribution in [3.05, 3.63) is 146 Å². The molecule has 1 unspecified atom stereocenters. The van der Waals surface area contributed by atoms with Crippen LogP contribution in [0.2, 0.25) is 0 Å². The predicted molar refractivity (Wildman–Crippen MR) is 163 cm³/mol. The molecule has 7 rings (SSSR count). The first-order valence-corrected chi connectivity index (χ1v) is 17.2. The van der Waals surface area contributed by atoms with Gasteiger partial charge < -0.3 is 0 Å². The lowest BCUT2D eigenvalue weighted by Gasteiger charge is -2.40. The number of benzene rings is 5.